The van der Waals surface area contributed by atoms with Crippen LogP contribution in [0.5, 0.6) is 5.75 Å². The summed E-state index contributed by atoms with van der Waals surface area (Å²) in [6.07, 6.45) is 3.91. The molecule has 1 aliphatic carbocycles. The van der Waals surface area contributed by atoms with Crippen molar-refractivity contribution in [3.05, 3.63) is 30.0 Å². The molecule has 1 fully saturated rings. The van der Waals surface area contributed by atoms with Gasteiger partial charge in [0, 0.05) is 24.2 Å². The van der Waals surface area contributed by atoms with E-state index in [1.165, 1.54) is 31.2 Å². The van der Waals surface area contributed by atoms with Gasteiger partial charge in [0.2, 0.25) is 0 Å². The number of hydrogen-bond donors (Lipinski definition) is 1. The Morgan fingerprint density at radius 1 is 1.40 bits per heavy atom. The molecule has 5 nitrogen and oxygen atoms in total. The Kier molecular flexibility index (Phi) is 5.00. The molecule has 2 aromatic rings. The van der Waals surface area contributed by atoms with Crippen LogP contribution in [0.4, 0.5) is 14.5 Å². The number of nitrogens with one attached hydrogen (secondary N) is 1. The highest BCUT2D eigenvalue weighted by atomic mass is 19.3. The summed E-state index contributed by atoms with van der Waals surface area (Å²) in [4.78, 5) is 6.40. The van der Waals surface area contributed by atoms with Crippen LogP contribution in [-0.4, -0.2) is 43.2 Å². The van der Waals surface area contributed by atoms with Gasteiger partial charge in [-0.25, -0.2) is 0 Å². The highest BCUT2D eigenvalue weighted by Gasteiger charge is 2.32. The minimum absolute atomic E-state index is 0.0498. The van der Waals surface area contributed by atoms with Crippen LogP contribution < -0.4 is 10.1 Å². The van der Waals surface area contributed by atoms with Crippen molar-refractivity contribution in [3.63, 3.8) is 0 Å². The Bertz CT molecular complexity index is 797. The summed E-state index contributed by atoms with van der Waals surface area (Å²) in [5.41, 5.74) is 1.62. The molecule has 0 bridgehead atoms. The smallest absolute Gasteiger partial charge is 0.387 e. The third kappa shape index (κ3) is 3.97. The number of hydrogen-bond acceptors (Lipinski definition) is 5. The summed E-state index contributed by atoms with van der Waals surface area (Å²) in [7, 11) is 4.07. The van der Waals surface area contributed by atoms with E-state index in [0.717, 1.165) is 0 Å². The summed E-state index contributed by atoms with van der Waals surface area (Å²) in [6, 6.07) is 7.04. The molecule has 1 unspecified atom stereocenters. The van der Waals surface area contributed by atoms with Crippen molar-refractivity contribution in [1.29, 1.82) is 5.26 Å². The number of rotatable bonds is 7. The number of anilines is 1. The Morgan fingerprint density at radius 3 is 2.76 bits per heavy atom. The molecular formula is C18H20F2N4O. The zero-order valence-corrected chi connectivity index (χ0v) is 14.2. The highest BCUT2D eigenvalue weighted by Crippen LogP contribution is 2.35. The first-order valence-corrected chi connectivity index (χ1v) is 8.17. The van der Waals surface area contributed by atoms with E-state index < -0.39 is 6.61 Å². The van der Waals surface area contributed by atoms with E-state index in [1.807, 2.05) is 14.1 Å². The second-order valence-corrected chi connectivity index (χ2v) is 6.47. The van der Waals surface area contributed by atoms with Gasteiger partial charge in [0.05, 0.1) is 16.8 Å². The average molecular weight is 346 g/mol. The van der Waals surface area contributed by atoms with Crippen molar-refractivity contribution in [2.75, 3.05) is 26.0 Å². The van der Waals surface area contributed by atoms with Crippen LogP contribution in [0, 0.1) is 17.2 Å². The lowest BCUT2D eigenvalue weighted by Gasteiger charge is -2.25. The fourth-order valence-electron chi connectivity index (χ4n) is 3.08. The lowest BCUT2D eigenvalue weighted by atomic mass is 10.1. The number of fused-ring (bicyclic) bond motifs is 1. The molecule has 1 aromatic carbocycles. The normalized spacial score (nSPS) is 15.4. The molecule has 3 rings (SSSR count). The summed E-state index contributed by atoms with van der Waals surface area (Å²) in [6.45, 7) is -2.22. The number of nitrogens with zero attached hydrogens (tertiary/aromatic N) is 3. The second-order valence-electron chi connectivity index (χ2n) is 6.47. The molecule has 7 heteroatoms. The van der Waals surface area contributed by atoms with Gasteiger partial charge in [-0.05, 0) is 51.1 Å². The van der Waals surface area contributed by atoms with Crippen molar-refractivity contribution in [2.24, 2.45) is 5.92 Å². The molecule has 1 aromatic heterocycles. The maximum atomic E-state index is 12.5. The van der Waals surface area contributed by atoms with Crippen molar-refractivity contribution < 1.29 is 13.5 Å². The number of benzene rings is 1. The van der Waals surface area contributed by atoms with Gasteiger partial charge >= 0.3 is 6.61 Å². The second kappa shape index (κ2) is 7.19. The van der Waals surface area contributed by atoms with E-state index >= 15 is 0 Å². The minimum atomic E-state index is -2.89. The molecule has 1 N–H and O–H groups in total. The van der Waals surface area contributed by atoms with E-state index in [4.69, 9.17) is 0 Å². The van der Waals surface area contributed by atoms with Crippen LogP contribution in [0.2, 0.25) is 0 Å². The zero-order chi connectivity index (χ0) is 18.0. The van der Waals surface area contributed by atoms with Gasteiger partial charge in [0.25, 0.3) is 0 Å². The van der Waals surface area contributed by atoms with Crippen LogP contribution in [0.3, 0.4) is 0 Å². The van der Waals surface area contributed by atoms with E-state index in [9.17, 15) is 14.0 Å². The molecule has 0 radical (unpaired) electrons. The quantitative estimate of drug-likeness (QED) is 0.832. The van der Waals surface area contributed by atoms with Gasteiger partial charge in [-0.15, -0.1) is 0 Å². The third-order valence-electron chi connectivity index (χ3n) is 4.50. The number of pyridine rings is 1. The predicted molar refractivity (Wildman–Crippen MR) is 91.8 cm³/mol. The van der Waals surface area contributed by atoms with Crippen LogP contribution in [0.25, 0.3) is 10.9 Å². The Morgan fingerprint density at radius 2 is 2.16 bits per heavy atom. The third-order valence-corrected chi connectivity index (χ3v) is 4.50. The van der Waals surface area contributed by atoms with E-state index in [-0.39, 0.29) is 5.75 Å². The van der Waals surface area contributed by atoms with Gasteiger partial charge in [-0.2, -0.15) is 14.0 Å². The fourth-order valence-corrected chi connectivity index (χ4v) is 3.08. The molecule has 1 atom stereocenters. The lowest BCUT2D eigenvalue weighted by Crippen LogP contribution is -2.36. The molecule has 1 aliphatic rings. The van der Waals surface area contributed by atoms with Crippen molar-refractivity contribution in [3.8, 4) is 11.8 Å². The largest absolute Gasteiger partial charge is 0.435 e. The first-order chi connectivity index (χ1) is 12.0. The molecule has 25 heavy (non-hydrogen) atoms. The standard InChI is InChI=1S/C18H20F2N4O/c1-24(2)16(11-3-4-11)10-23-17-12(8-21)9-22-15-6-5-13(7-14(15)17)25-18(19)20/h5-7,9,11,16,18H,3-4,10H2,1-2H3,(H,22,23). The molecule has 132 valence electrons. The van der Waals surface area contributed by atoms with E-state index in [1.54, 1.807) is 6.07 Å². The SMILES string of the molecule is CN(C)C(CNc1c(C#N)cnc2ccc(OC(F)F)cc12)C1CC1. The van der Waals surface area contributed by atoms with Crippen LogP contribution in [-0.2, 0) is 0 Å². The van der Waals surface area contributed by atoms with Crippen molar-refractivity contribution in [1.82, 2.24) is 9.88 Å². The predicted octanol–water partition coefficient (Wildman–Crippen LogP) is 3.46. The number of likely N-dealkylation sites (N-methyl/N-ethyl adjacent to an activating group) is 1. The molecule has 1 heterocycles. The molecule has 1 saturated carbocycles. The zero-order valence-electron chi connectivity index (χ0n) is 14.2. The number of nitriles is 1. The topological polar surface area (TPSA) is 61.2 Å². The van der Waals surface area contributed by atoms with E-state index in [2.05, 4.69) is 26.0 Å². The number of alkyl halides is 2. The summed E-state index contributed by atoms with van der Waals surface area (Å²) in [5.74, 6) is 0.702. The fraction of sp³-hybridized carbons (Fsp3) is 0.444. The Balaban J connectivity index is 1.94. The van der Waals surface area contributed by atoms with Crippen LogP contribution >= 0.6 is 0 Å². The number of halogens is 2. The van der Waals surface area contributed by atoms with Crippen molar-refractivity contribution >= 4 is 16.6 Å². The van der Waals surface area contributed by atoms with E-state index in [0.29, 0.717) is 40.7 Å². The summed E-state index contributed by atoms with van der Waals surface area (Å²) < 4.78 is 29.5. The summed E-state index contributed by atoms with van der Waals surface area (Å²) in [5, 5.41) is 13.3. The van der Waals surface area contributed by atoms with Gasteiger partial charge in [0.15, 0.2) is 0 Å². The molecule has 0 amide bonds. The first kappa shape index (κ1) is 17.4. The highest BCUT2D eigenvalue weighted by molar-refractivity contribution is 5.94. The molecule has 0 spiro atoms. The van der Waals surface area contributed by atoms with Crippen molar-refractivity contribution in [2.45, 2.75) is 25.5 Å². The Hall–Kier alpha value is -2.46. The summed E-state index contributed by atoms with van der Waals surface area (Å²) >= 11 is 0. The average Bonchev–Trinajstić information content (AvgIpc) is 3.39. The monoisotopic (exact) mass is 346 g/mol. The maximum absolute atomic E-state index is 12.5. The van der Waals surface area contributed by atoms with Crippen LogP contribution in [0.1, 0.15) is 18.4 Å². The molecular weight excluding hydrogens is 326 g/mol. The molecule has 0 aliphatic heterocycles. The van der Waals surface area contributed by atoms with Crippen LogP contribution in [0.15, 0.2) is 24.4 Å². The number of aromatic nitrogens is 1. The van der Waals surface area contributed by atoms with Gasteiger partial charge in [-0.1, -0.05) is 0 Å². The minimum Gasteiger partial charge on any atom is -0.435 e. The lowest BCUT2D eigenvalue weighted by molar-refractivity contribution is -0.0497. The Labute approximate surface area is 145 Å². The molecule has 0 saturated heterocycles. The number of ether oxygens (including phenoxy) is 1. The van der Waals surface area contributed by atoms with Gasteiger partial charge in [0.1, 0.15) is 11.8 Å². The first-order valence-electron chi connectivity index (χ1n) is 8.17. The van der Waals surface area contributed by atoms with Gasteiger partial charge in [-0.3, -0.25) is 4.98 Å². The maximum Gasteiger partial charge on any atom is 0.387 e. The van der Waals surface area contributed by atoms with Gasteiger partial charge < -0.3 is 15.0 Å².